The van der Waals surface area contributed by atoms with Crippen molar-refractivity contribution in [3.8, 4) is 23.3 Å². The van der Waals surface area contributed by atoms with Crippen LogP contribution in [-0.4, -0.2) is 50.8 Å². The molecule has 4 rings (SSSR count). The molecule has 1 aliphatic rings. The van der Waals surface area contributed by atoms with Gasteiger partial charge in [0, 0.05) is 6.07 Å². The maximum atomic E-state index is 12.9. The molecule has 1 atom stereocenters. The first-order valence-corrected chi connectivity index (χ1v) is 10.8. The minimum atomic E-state index is -3.80. The standard InChI is InChI=1S/C18H19FN2O7S/c1-29(22,23)28-13(8-19)10-25-17-7-16(27-21-17)18-20-14-6-12(4-5-15(14)26-18)24-9-11-2-3-11/h4-7,11,13H,2-3,8-10H2,1H3. The summed E-state index contributed by atoms with van der Waals surface area (Å²) in [4.78, 5) is 4.36. The Balaban J connectivity index is 1.42. The second kappa shape index (κ2) is 7.99. The lowest BCUT2D eigenvalue weighted by Crippen LogP contribution is -2.26. The van der Waals surface area contributed by atoms with E-state index in [0.29, 0.717) is 29.4 Å². The van der Waals surface area contributed by atoms with Crippen LogP contribution in [-0.2, 0) is 14.3 Å². The third-order valence-corrected chi connectivity index (χ3v) is 4.76. The second-order valence-corrected chi connectivity index (χ2v) is 8.42. The summed E-state index contributed by atoms with van der Waals surface area (Å²) in [5.74, 6) is 1.78. The number of halogens is 1. The Bertz CT molecular complexity index is 1090. The molecule has 0 radical (unpaired) electrons. The van der Waals surface area contributed by atoms with Gasteiger partial charge in [-0.15, -0.1) is 0 Å². The Hall–Kier alpha value is -2.66. The molecular formula is C18H19FN2O7S. The summed E-state index contributed by atoms with van der Waals surface area (Å²) < 4.78 is 61.4. The minimum Gasteiger partial charge on any atom is -0.493 e. The van der Waals surface area contributed by atoms with E-state index in [-0.39, 0.29) is 24.1 Å². The van der Waals surface area contributed by atoms with Crippen molar-refractivity contribution in [2.75, 3.05) is 26.1 Å². The Morgan fingerprint density at radius 1 is 1.28 bits per heavy atom. The summed E-state index contributed by atoms with van der Waals surface area (Å²) in [5.41, 5.74) is 1.16. The van der Waals surface area contributed by atoms with Gasteiger partial charge < -0.3 is 18.4 Å². The summed E-state index contributed by atoms with van der Waals surface area (Å²) in [5, 5.41) is 3.69. The molecule has 0 amide bonds. The number of rotatable bonds is 10. The predicted molar refractivity (Wildman–Crippen MR) is 98.9 cm³/mol. The lowest BCUT2D eigenvalue weighted by Gasteiger charge is -2.11. The van der Waals surface area contributed by atoms with Crippen LogP contribution in [0.5, 0.6) is 11.6 Å². The number of aromatic nitrogens is 2. The molecular weight excluding hydrogens is 407 g/mol. The topological polar surface area (TPSA) is 114 Å². The van der Waals surface area contributed by atoms with E-state index in [1.807, 2.05) is 6.07 Å². The van der Waals surface area contributed by atoms with Crippen LogP contribution in [0, 0.1) is 5.92 Å². The smallest absolute Gasteiger partial charge is 0.267 e. The fourth-order valence-corrected chi connectivity index (χ4v) is 3.15. The van der Waals surface area contributed by atoms with Gasteiger partial charge in [-0.05, 0) is 36.0 Å². The maximum absolute atomic E-state index is 12.9. The molecule has 156 valence electrons. The summed E-state index contributed by atoms with van der Waals surface area (Å²) in [6.45, 7) is -0.694. The molecule has 9 nitrogen and oxygen atoms in total. The highest BCUT2D eigenvalue weighted by molar-refractivity contribution is 7.86. The molecule has 0 spiro atoms. The van der Waals surface area contributed by atoms with Crippen molar-refractivity contribution in [2.45, 2.75) is 18.9 Å². The van der Waals surface area contributed by atoms with Crippen LogP contribution in [0.1, 0.15) is 12.8 Å². The normalized spacial score (nSPS) is 15.5. The quantitative estimate of drug-likeness (QED) is 0.451. The molecule has 1 saturated carbocycles. The number of ether oxygens (including phenoxy) is 2. The minimum absolute atomic E-state index is 0.0197. The number of fused-ring (bicyclic) bond motifs is 1. The number of benzene rings is 1. The average Bonchev–Trinajstić information content (AvgIpc) is 3.22. The summed E-state index contributed by atoms with van der Waals surface area (Å²) in [6.07, 6.45) is 1.97. The first-order chi connectivity index (χ1) is 13.9. The molecule has 2 heterocycles. The zero-order valence-corrected chi connectivity index (χ0v) is 16.4. The zero-order chi connectivity index (χ0) is 20.4. The molecule has 0 aliphatic heterocycles. The molecule has 2 aromatic heterocycles. The number of alkyl halides is 1. The highest BCUT2D eigenvalue weighted by Gasteiger charge is 2.22. The predicted octanol–water partition coefficient (Wildman–Crippen LogP) is 2.96. The van der Waals surface area contributed by atoms with Crippen LogP contribution >= 0.6 is 0 Å². The van der Waals surface area contributed by atoms with E-state index < -0.39 is 22.9 Å². The lowest BCUT2D eigenvalue weighted by atomic mass is 10.3. The van der Waals surface area contributed by atoms with Crippen LogP contribution in [0.25, 0.3) is 22.8 Å². The van der Waals surface area contributed by atoms with Crippen molar-refractivity contribution >= 4 is 21.2 Å². The van der Waals surface area contributed by atoms with Gasteiger partial charge >= 0.3 is 0 Å². The van der Waals surface area contributed by atoms with Crippen molar-refractivity contribution in [2.24, 2.45) is 5.92 Å². The SMILES string of the molecule is CS(=O)(=O)OC(CF)COc1cc(-c2nc3cc(OCC4CC4)ccc3o2)on1. The molecule has 1 unspecified atom stereocenters. The van der Waals surface area contributed by atoms with E-state index in [4.69, 9.17) is 18.4 Å². The van der Waals surface area contributed by atoms with Gasteiger partial charge in [0.15, 0.2) is 5.58 Å². The third-order valence-electron chi connectivity index (χ3n) is 4.14. The van der Waals surface area contributed by atoms with Crippen molar-refractivity contribution in [3.63, 3.8) is 0 Å². The number of hydrogen-bond donors (Lipinski definition) is 0. The summed E-state index contributed by atoms with van der Waals surface area (Å²) in [6, 6.07) is 6.77. The fraction of sp³-hybridized carbons (Fsp3) is 0.444. The van der Waals surface area contributed by atoms with Gasteiger partial charge in [-0.3, -0.25) is 4.18 Å². The van der Waals surface area contributed by atoms with Gasteiger partial charge in [0.2, 0.25) is 5.76 Å². The van der Waals surface area contributed by atoms with Gasteiger partial charge in [0.1, 0.15) is 30.7 Å². The number of oxazole rings is 1. The van der Waals surface area contributed by atoms with Crippen LogP contribution in [0.4, 0.5) is 4.39 Å². The van der Waals surface area contributed by atoms with Gasteiger partial charge in [0.25, 0.3) is 21.9 Å². The van der Waals surface area contributed by atoms with E-state index in [1.54, 1.807) is 12.1 Å². The summed E-state index contributed by atoms with van der Waals surface area (Å²) in [7, 11) is -3.80. The van der Waals surface area contributed by atoms with E-state index in [1.165, 1.54) is 18.9 Å². The van der Waals surface area contributed by atoms with Gasteiger partial charge in [0.05, 0.1) is 18.9 Å². The van der Waals surface area contributed by atoms with Gasteiger partial charge in [-0.2, -0.15) is 8.42 Å². The van der Waals surface area contributed by atoms with E-state index >= 15 is 0 Å². The largest absolute Gasteiger partial charge is 0.493 e. The second-order valence-electron chi connectivity index (χ2n) is 6.82. The first-order valence-electron chi connectivity index (χ1n) is 8.97. The van der Waals surface area contributed by atoms with E-state index in [9.17, 15) is 12.8 Å². The van der Waals surface area contributed by atoms with Crippen molar-refractivity contribution in [1.82, 2.24) is 10.1 Å². The highest BCUT2D eigenvalue weighted by Crippen LogP contribution is 2.31. The van der Waals surface area contributed by atoms with Crippen molar-refractivity contribution in [3.05, 3.63) is 24.3 Å². The molecule has 0 bridgehead atoms. The number of hydrogen-bond acceptors (Lipinski definition) is 9. The molecule has 29 heavy (non-hydrogen) atoms. The van der Waals surface area contributed by atoms with Gasteiger partial charge in [-0.1, -0.05) is 0 Å². The Morgan fingerprint density at radius 3 is 2.83 bits per heavy atom. The van der Waals surface area contributed by atoms with Gasteiger partial charge in [-0.25, -0.2) is 9.37 Å². The van der Waals surface area contributed by atoms with E-state index in [2.05, 4.69) is 14.3 Å². The van der Waals surface area contributed by atoms with E-state index in [0.717, 1.165) is 6.26 Å². The Kier molecular flexibility index (Phi) is 5.41. The van der Waals surface area contributed by atoms with Crippen molar-refractivity contribution < 1.29 is 35.4 Å². The lowest BCUT2D eigenvalue weighted by molar-refractivity contribution is 0.106. The average molecular weight is 426 g/mol. The van der Waals surface area contributed by atoms with Crippen molar-refractivity contribution in [1.29, 1.82) is 0 Å². The summed E-state index contributed by atoms with van der Waals surface area (Å²) >= 11 is 0. The molecule has 1 aliphatic carbocycles. The molecule has 0 N–H and O–H groups in total. The molecule has 1 aromatic carbocycles. The van der Waals surface area contributed by atoms with Crippen LogP contribution in [0.2, 0.25) is 0 Å². The fourth-order valence-electron chi connectivity index (χ4n) is 2.55. The molecule has 1 fully saturated rings. The maximum Gasteiger partial charge on any atom is 0.267 e. The van der Waals surface area contributed by atoms with Crippen LogP contribution in [0.3, 0.4) is 0 Å². The third kappa shape index (κ3) is 5.24. The van der Waals surface area contributed by atoms with Crippen LogP contribution in [0.15, 0.2) is 33.2 Å². The zero-order valence-electron chi connectivity index (χ0n) is 15.5. The number of nitrogens with zero attached hydrogens (tertiary/aromatic N) is 2. The Morgan fingerprint density at radius 2 is 2.10 bits per heavy atom. The molecule has 3 aromatic rings. The first kappa shape index (κ1) is 19.6. The molecule has 11 heteroatoms. The highest BCUT2D eigenvalue weighted by atomic mass is 32.2. The monoisotopic (exact) mass is 426 g/mol. The Labute approximate surface area is 165 Å². The van der Waals surface area contributed by atoms with Crippen LogP contribution < -0.4 is 9.47 Å². The molecule has 0 saturated heterocycles.